The number of nitrogens with one attached hydrogen (secondary N) is 2. The summed E-state index contributed by atoms with van der Waals surface area (Å²) in [4.78, 5) is 38.7. The van der Waals surface area contributed by atoms with Crippen LogP contribution >= 0.6 is 0 Å². The number of amides is 3. The van der Waals surface area contributed by atoms with Crippen molar-refractivity contribution in [2.45, 2.75) is 38.5 Å². The number of rotatable bonds is 6. The zero-order chi connectivity index (χ0) is 24.4. The maximum absolute atomic E-state index is 11.4. The number of carbonyl (C=O) groups is 3. The van der Waals surface area contributed by atoms with Gasteiger partial charge >= 0.3 is 0 Å². The SMILES string of the molecule is C#C.CNC(=O)CN1CCCCCC1=O.N#CNC(N)=Nc1cccc(CCC(N)=O)c1. The second kappa shape index (κ2) is 16.7. The second-order valence-corrected chi connectivity index (χ2v) is 6.67. The number of aliphatic imine (C=N–C) groups is 1. The first-order valence-corrected chi connectivity index (χ1v) is 10.0. The predicted octanol–water partition coefficient (Wildman–Crippen LogP) is 0.506. The minimum Gasteiger partial charge on any atom is -0.370 e. The van der Waals surface area contributed by atoms with Crippen molar-refractivity contribution < 1.29 is 14.4 Å². The van der Waals surface area contributed by atoms with Gasteiger partial charge in [-0.15, -0.1) is 12.8 Å². The maximum Gasteiger partial charge on any atom is 0.239 e. The summed E-state index contributed by atoms with van der Waals surface area (Å²) in [5.41, 5.74) is 12.1. The van der Waals surface area contributed by atoms with Crippen molar-refractivity contribution in [3.63, 3.8) is 0 Å². The van der Waals surface area contributed by atoms with E-state index in [0.717, 1.165) is 31.4 Å². The molecule has 2 rings (SSSR count). The Hall–Kier alpha value is -4.05. The Kier molecular flexibility index (Phi) is 14.6. The molecule has 0 spiro atoms. The summed E-state index contributed by atoms with van der Waals surface area (Å²) < 4.78 is 0. The minimum atomic E-state index is -0.343. The Balaban J connectivity index is 0.000000574. The lowest BCUT2D eigenvalue weighted by Crippen LogP contribution is -2.39. The van der Waals surface area contributed by atoms with Crippen LogP contribution in [-0.2, 0) is 20.8 Å². The summed E-state index contributed by atoms with van der Waals surface area (Å²) in [5.74, 6) is -0.291. The Bertz CT molecular complexity index is 843. The van der Waals surface area contributed by atoms with Crippen LogP contribution in [0.5, 0.6) is 0 Å². The van der Waals surface area contributed by atoms with Gasteiger partial charge in [-0.25, -0.2) is 4.99 Å². The Morgan fingerprint density at radius 2 is 1.97 bits per heavy atom. The molecule has 1 aliphatic heterocycles. The van der Waals surface area contributed by atoms with E-state index < -0.39 is 0 Å². The van der Waals surface area contributed by atoms with Crippen LogP contribution in [0.3, 0.4) is 0 Å². The van der Waals surface area contributed by atoms with Crippen LogP contribution in [0.4, 0.5) is 5.69 Å². The molecule has 1 saturated heterocycles. The van der Waals surface area contributed by atoms with E-state index in [1.807, 2.05) is 6.07 Å². The van der Waals surface area contributed by atoms with E-state index in [1.54, 1.807) is 36.3 Å². The summed E-state index contributed by atoms with van der Waals surface area (Å²) in [5, 5.41) is 13.1. The molecule has 0 aromatic heterocycles. The van der Waals surface area contributed by atoms with E-state index in [-0.39, 0.29) is 30.2 Å². The van der Waals surface area contributed by atoms with Crippen molar-refractivity contribution in [1.29, 1.82) is 5.26 Å². The van der Waals surface area contributed by atoms with Crippen molar-refractivity contribution in [3.8, 4) is 19.0 Å². The molecule has 3 amide bonds. The fraction of sp³-hybridized carbons (Fsp3) is 0.409. The van der Waals surface area contributed by atoms with E-state index in [1.165, 1.54) is 0 Å². The van der Waals surface area contributed by atoms with Crippen LogP contribution in [-0.4, -0.2) is 48.7 Å². The van der Waals surface area contributed by atoms with E-state index in [2.05, 4.69) is 28.5 Å². The molecule has 10 nitrogen and oxygen atoms in total. The molecule has 0 atom stereocenters. The summed E-state index contributed by atoms with van der Waals surface area (Å²) in [6.07, 6.45) is 14.2. The number of guanidine groups is 1. The van der Waals surface area contributed by atoms with Gasteiger partial charge in [0.1, 0.15) is 0 Å². The van der Waals surface area contributed by atoms with Gasteiger partial charge in [0, 0.05) is 26.4 Å². The summed E-state index contributed by atoms with van der Waals surface area (Å²) in [6.45, 7) is 0.946. The summed E-state index contributed by atoms with van der Waals surface area (Å²) in [6, 6.07) is 7.21. The first-order valence-electron chi connectivity index (χ1n) is 10.0. The molecular weight excluding hydrogens is 410 g/mol. The van der Waals surface area contributed by atoms with Gasteiger partial charge in [0.25, 0.3) is 0 Å². The molecule has 1 heterocycles. The van der Waals surface area contributed by atoms with Crippen molar-refractivity contribution in [3.05, 3.63) is 29.8 Å². The normalized spacial score (nSPS) is 13.1. The molecule has 0 unspecified atom stereocenters. The third-order valence-corrected chi connectivity index (χ3v) is 4.29. The summed E-state index contributed by atoms with van der Waals surface area (Å²) >= 11 is 0. The molecule has 0 saturated carbocycles. The van der Waals surface area contributed by atoms with Crippen LogP contribution in [0.25, 0.3) is 0 Å². The highest BCUT2D eigenvalue weighted by Crippen LogP contribution is 2.15. The molecule has 1 fully saturated rings. The van der Waals surface area contributed by atoms with Gasteiger partial charge in [-0.05, 0) is 37.0 Å². The molecule has 1 aliphatic rings. The number of likely N-dealkylation sites (N-methyl/N-ethyl adjacent to an activating group) is 1. The van der Waals surface area contributed by atoms with Gasteiger partial charge in [-0.2, -0.15) is 5.26 Å². The number of benzene rings is 1. The van der Waals surface area contributed by atoms with Crippen LogP contribution in [0.15, 0.2) is 29.3 Å². The number of hydrogen-bond acceptors (Lipinski definition) is 5. The molecule has 10 heteroatoms. The zero-order valence-electron chi connectivity index (χ0n) is 18.3. The average Bonchev–Trinajstić information content (AvgIpc) is 2.98. The largest absolute Gasteiger partial charge is 0.370 e. The molecule has 0 aliphatic carbocycles. The highest BCUT2D eigenvalue weighted by molar-refractivity contribution is 5.84. The molecule has 0 bridgehead atoms. The standard InChI is InChI=1S/C11H13N5O.C9H16N2O2.C2H2/c12-7-15-11(14)16-9-3-1-2-8(6-9)4-5-10(13)17;1-10-8(12)7-11-6-4-2-3-5-9(11)13;1-2/h1-3,6H,4-5H2,(H2,13,17)(H3,14,15,16);2-7H2,1H3,(H,10,12);1-2H. The molecule has 0 radical (unpaired) electrons. The van der Waals surface area contributed by atoms with Crippen LogP contribution in [0.1, 0.15) is 37.7 Å². The fourth-order valence-corrected chi connectivity index (χ4v) is 2.73. The molecule has 6 N–H and O–H groups in total. The number of aryl methyl sites for hydroxylation is 1. The topological polar surface area (TPSA) is 167 Å². The number of nitrogens with zero attached hydrogens (tertiary/aromatic N) is 3. The fourth-order valence-electron chi connectivity index (χ4n) is 2.73. The first-order chi connectivity index (χ1) is 15.3. The predicted molar refractivity (Wildman–Crippen MR) is 123 cm³/mol. The lowest BCUT2D eigenvalue weighted by molar-refractivity contribution is -0.135. The number of nitriles is 1. The lowest BCUT2D eigenvalue weighted by atomic mass is 10.1. The smallest absolute Gasteiger partial charge is 0.239 e. The average molecular weight is 442 g/mol. The van der Waals surface area contributed by atoms with Crippen molar-refractivity contribution in [1.82, 2.24) is 15.5 Å². The lowest BCUT2D eigenvalue weighted by Gasteiger charge is -2.18. The van der Waals surface area contributed by atoms with Crippen molar-refractivity contribution in [2.24, 2.45) is 16.5 Å². The highest BCUT2D eigenvalue weighted by atomic mass is 16.2. The van der Waals surface area contributed by atoms with Crippen LogP contribution in [0, 0.1) is 24.3 Å². The Labute approximate surface area is 189 Å². The molecule has 172 valence electrons. The van der Waals surface area contributed by atoms with Gasteiger partial charge in [0.15, 0.2) is 6.19 Å². The third kappa shape index (κ3) is 12.5. The van der Waals surface area contributed by atoms with Crippen LogP contribution < -0.4 is 22.1 Å². The van der Waals surface area contributed by atoms with Crippen LogP contribution in [0.2, 0.25) is 0 Å². The zero-order valence-corrected chi connectivity index (χ0v) is 18.3. The minimum absolute atomic E-state index is 0.0274. The number of terminal acetylenes is 1. The van der Waals surface area contributed by atoms with E-state index >= 15 is 0 Å². The quantitative estimate of drug-likeness (QED) is 0.165. The Morgan fingerprint density at radius 3 is 2.59 bits per heavy atom. The second-order valence-electron chi connectivity index (χ2n) is 6.67. The van der Waals surface area contributed by atoms with Gasteiger partial charge in [-0.3, -0.25) is 19.7 Å². The maximum atomic E-state index is 11.4. The van der Waals surface area contributed by atoms with Gasteiger partial charge < -0.3 is 21.7 Å². The van der Waals surface area contributed by atoms with Crippen molar-refractivity contribution in [2.75, 3.05) is 20.1 Å². The van der Waals surface area contributed by atoms with E-state index in [4.69, 9.17) is 16.7 Å². The number of likely N-dealkylation sites (tertiary alicyclic amines) is 1. The van der Waals surface area contributed by atoms with E-state index in [9.17, 15) is 14.4 Å². The molecule has 1 aromatic rings. The first kappa shape index (κ1) is 27.9. The number of primary amides is 1. The number of nitrogens with two attached hydrogens (primary N) is 2. The number of hydrogen-bond donors (Lipinski definition) is 4. The number of carbonyl (C=O) groups excluding carboxylic acids is 3. The Morgan fingerprint density at radius 1 is 1.25 bits per heavy atom. The highest BCUT2D eigenvalue weighted by Gasteiger charge is 2.18. The monoisotopic (exact) mass is 441 g/mol. The van der Waals surface area contributed by atoms with Gasteiger partial charge in [0.2, 0.25) is 23.7 Å². The van der Waals surface area contributed by atoms with E-state index in [0.29, 0.717) is 24.9 Å². The molecule has 32 heavy (non-hydrogen) atoms. The summed E-state index contributed by atoms with van der Waals surface area (Å²) in [7, 11) is 1.59. The third-order valence-electron chi connectivity index (χ3n) is 4.29. The molecular formula is C22H31N7O3. The van der Waals surface area contributed by atoms with Crippen molar-refractivity contribution >= 4 is 29.4 Å². The van der Waals surface area contributed by atoms with Gasteiger partial charge in [-0.1, -0.05) is 18.6 Å². The molecule has 1 aromatic carbocycles. The van der Waals surface area contributed by atoms with Gasteiger partial charge in [0.05, 0.1) is 12.2 Å².